The van der Waals surface area contributed by atoms with Crippen LogP contribution in [0.15, 0.2) is 30.6 Å². The molecule has 1 N–H and O–H groups in total. The van der Waals surface area contributed by atoms with E-state index in [1.54, 1.807) is 0 Å². The lowest BCUT2D eigenvalue weighted by Gasteiger charge is -2.17. The molecule has 0 aliphatic heterocycles. The standard InChI is InChI=1S/C15H10ClF6N3O/c1-7(11-12(16)24-3-2-23-11)25-13(26)8-4-9(14(17,18)19)6-10(5-8)15(20,21)22/h2-7H,1H3,(H,25,26). The Kier molecular flexibility index (Phi) is 5.45. The van der Waals surface area contributed by atoms with E-state index in [0.717, 1.165) is 0 Å². The monoisotopic (exact) mass is 397 g/mol. The smallest absolute Gasteiger partial charge is 0.344 e. The fraction of sp³-hybridized carbons (Fsp3) is 0.267. The van der Waals surface area contributed by atoms with Gasteiger partial charge in [0.25, 0.3) is 5.91 Å². The first-order valence-electron chi connectivity index (χ1n) is 6.96. The van der Waals surface area contributed by atoms with E-state index in [0.29, 0.717) is 12.1 Å². The molecule has 11 heteroatoms. The summed E-state index contributed by atoms with van der Waals surface area (Å²) in [7, 11) is 0. The van der Waals surface area contributed by atoms with Gasteiger partial charge in [0.2, 0.25) is 0 Å². The molecule has 0 bridgehead atoms. The largest absolute Gasteiger partial charge is 0.416 e. The average molecular weight is 398 g/mol. The van der Waals surface area contributed by atoms with Gasteiger partial charge in [0, 0.05) is 18.0 Å². The van der Waals surface area contributed by atoms with E-state index >= 15 is 0 Å². The van der Waals surface area contributed by atoms with Crippen LogP contribution in [0.1, 0.15) is 40.1 Å². The summed E-state index contributed by atoms with van der Waals surface area (Å²) in [5.74, 6) is -1.14. The Balaban J connectivity index is 2.37. The van der Waals surface area contributed by atoms with Crippen LogP contribution in [0.4, 0.5) is 26.3 Å². The highest BCUT2D eigenvalue weighted by molar-refractivity contribution is 6.30. The van der Waals surface area contributed by atoms with Gasteiger partial charge in [-0.2, -0.15) is 26.3 Å². The maximum Gasteiger partial charge on any atom is 0.416 e. The summed E-state index contributed by atoms with van der Waals surface area (Å²) in [4.78, 5) is 19.8. The van der Waals surface area contributed by atoms with E-state index in [-0.39, 0.29) is 16.9 Å². The third-order valence-electron chi connectivity index (χ3n) is 3.29. The molecule has 1 amide bonds. The summed E-state index contributed by atoms with van der Waals surface area (Å²) in [5, 5.41) is 2.19. The lowest BCUT2D eigenvalue weighted by atomic mass is 10.0. The minimum absolute atomic E-state index is 0.0553. The quantitative estimate of drug-likeness (QED) is 0.766. The van der Waals surface area contributed by atoms with Crippen molar-refractivity contribution in [2.45, 2.75) is 25.3 Å². The van der Waals surface area contributed by atoms with Gasteiger partial charge >= 0.3 is 12.4 Å². The van der Waals surface area contributed by atoms with Crippen LogP contribution in [-0.4, -0.2) is 15.9 Å². The highest BCUT2D eigenvalue weighted by Crippen LogP contribution is 2.36. The first-order valence-corrected chi connectivity index (χ1v) is 7.34. The summed E-state index contributed by atoms with van der Waals surface area (Å²) >= 11 is 5.80. The zero-order valence-electron chi connectivity index (χ0n) is 12.9. The van der Waals surface area contributed by atoms with Gasteiger partial charge in [0.1, 0.15) is 0 Å². The fourth-order valence-electron chi connectivity index (χ4n) is 2.06. The minimum Gasteiger partial charge on any atom is -0.344 e. The molecule has 0 radical (unpaired) electrons. The molecule has 26 heavy (non-hydrogen) atoms. The summed E-state index contributed by atoms with van der Waals surface area (Å²) in [6, 6.07) is -0.266. The Morgan fingerprint density at radius 3 is 1.96 bits per heavy atom. The molecular formula is C15H10ClF6N3O. The number of amides is 1. The molecule has 1 unspecified atom stereocenters. The number of hydrogen-bond donors (Lipinski definition) is 1. The third-order valence-corrected chi connectivity index (χ3v) is 3.58. The van der Waals surface area contributed by atoms with Crippen molar-refractivity contribution >= 4 is 17.5 Å². The Morgan fingerprint density at radius 2 is 1.50 bits per heavy atom. The third kappa shape index (κ3) is 4.63. The van der Waals surface area contributed by atoms with Gasteiger partial charge in [-0.15, -0.1) is 0 Å². The number of aromatic nitrogens is 2. The molecule has 140 valence electrons. The predicted molar refractivity (Wildman–Crippen MR) is 79.4 cm³/mol. The number of rotatable bonds is 3. The van der Waals surface area contributed by atoms with Gasteiger partial charge in [0.05, 0.1) is 22.9 Å². The zero-order chi connectivity index (χ0) is 19.7. The maximum absolute atomic E-state index is 12.8. The highest BCUT2D eigenvalue weighted by Gasteiger charge is 2.37. The van der Waals surface area contributed by atoms with E-state index in [2.05, 4.69) is 15.3 Å². The van der Waals surface area contributed by atoms with Gasteiger partial charge < -0.3 is 5.32 Å². The molecule has 0 saturated carbocycles. The van der Waals surface area contributed by atoms with Gasteiger partial charge in [-0.25, -0.2) is 4.98 Å². The van der Waals surface area contributed by atoms with Crippen LogP contribution < -0.4 is 5.32 Å². The highest BCUT2D eigenvalue weighted by atomic mass is 35.5. The Bertz CT molecular complexity index is 790. The van der Waals surface area contributed by atoms with Crippen molar-refractivity contribution < 1.29 is 31.1 Å². The molecule has 1 aromatic carbocycles. The van der Waals surface area contributed by atoms with Gasteiger partial charge in [-0.1, -0.05) is 11.6 Å². The van der Waals surface area contributed by atoms with Crippen molar-refractivity contribution in [2.75, 3.05) is 0 Å². The van der Waals surface area contributed by atoms with E-state index in [1.807, 2.05) is 0 Å². The molecule has 1 atom stereocenters. The number of carbonyl (C=O) groups excluding carboxylic acids is 1. The maximum atomic E-state index is 12.8. The molecule has 0 spiro atoms. The van der Waals surface area contributed by atoms with E-state index in [4.69, 9.17) is 11.6 Å². The zero-order valence-corrected chi connectivity index (χ0v) is 13.7. The number of benzene rings is 1. The second-order valence-electron chi connectivity index (χ2n) is 5.22. The first kappa shape index (κ1) is 20.0. The summed E-state index contributed by atoms with van der Waals surface area (Å²) in [6.45, 7) is 1.41. The van der Waals surface area contributed by atoms with Gasteiger partial charge in [-0.3, -0.25) is 9.78 Å². The molecule has 0 saturated heterocycles. The first-order chi connectivity index (χ1) is 11.9. The van der Waals surface area contributed by atoms with E-state index in [1.165, 1.54) is 19.3 Å². The summed E-state index contributed by atoms with van der Waals surface area (Å²) in [6.07, 6.45) is -7.54. The van der Waals surface area contributed by atoms with Crippen LogP contribution in [0, 0.1) is 0 Å². The molecule has 4 nitrogen and oxygen atoms in total. The molecule has 1 heterocycles. The average Bonchev–Trinajstić information content (AvgIpc) is 2.53. The minimum atomic E-state index is -5.05. The van der Waals surface area contributed by atoms with E-state index in [9.17, 15) is 31.1 Å². The van der Waals surface area contributed by atoms with Crippen molar-refractivity contribution in [3.05, 3.63) is 58.1 Å². The van der Waals surface area contributed by atoms with Crippen LogP contribution in [0.25, 0.3) is 0 Å². The second-order valence-corrected chi connectivity index (χ2v) is 5.58. The number of nitrogens with one attached hydrogen (secondary N) is 1. The summed E-state index contributed by atoms with van der Waals surface area (Å²) < 4.78 is 77.1. The van der Waals surface area contributed by atoms with Crippen LogP contribution in [0.3, 0.4) is 0 Å². The fourth-order valence-corrected chi connectivity index (χ4v) is 2.33. The van der Waals surface area contributed by atoms with Crippen molar-refractivity contribution in [1.29, 1.82) is 0 Å². The number of carbonyl (C=O) groups is 1. The SMILES string of the molecule is CC(NC(=O)c1cc(C(F)(F)F)cc(C(F)(F)F)c1)c1nccnc1Cl. The van der Waals surface area contributed by atoms with Crippen molar-refractivity contribution in [3.63, 3.8) is 0 Å². The van der Waals surface area contributed by atoms with Gasteiger partial charge in [-0.05, 0) is 25.1 Å². The lowest BCUT2D eigenvalue weighted by Crippen LogP contribution is -2.28. The summed E-state index contributed by atoms with van der Waals surface area (Å²) in [5.41, 5.74) is -3.84. The molecule has 1 aromatic heterocycles. The van der Waals surface area contributed by atoms with E-state index < -0.39 is 41.0 Å². The molecule has 0 aliphatic rings. The number of halogens is 7. The Hall–Kier alpha value is -2.36. The molecule has 0 fully saturated rings. The normalized spacial score (nSPS) is 13.4. The van der Waals surface area contributed by atoms with Crippen LogP contribution in [-0.2, 0) is 12.4 Å². The van der Waals surface area contributed by atoms with Crippen LogP contribution in [0.5, 0.6) is 0 Å². The molecule has 2 rings (SSSR count). The van der Waals surface area contributed by atoms with Crippen LogP contribution in [0.2, 0.25) is 5.15 Å². The number of nitrogens with zero attached hydrogens (tertiary/aromatic N) is 2. The van der Waals surface area contributed by atoms with Crippen molar-refractivity contribution in [2.24, 2.45) is 0 Å². The molecule has 2 aromatic rings. The topological polar surface area (TPSA) is 54.9 Å². The van der Waals surface area contributed by atoms with Crippen LogP contribution >= 0.6 is 11.6 Å². The van der Waals surface area contributed by atoms with Crippen molar-refractivity contribution in [1.82, 2.24) is 15.3 Å². The number of alkyl halides is 6. The van der Waals surface area contributed by atoms with Gasteiger partial charge in [0.15, 0.2) is 5.15 Å². The Morgan fingerprint density at radius 1 is 1.00 bits per heavy atom. The molecule has 0 aliphatic carbocycles. The lowest BCUT2D eigenvalue weighted by molar-refractivity contribution is -0.143. The van der Waals surface area contributed by atoms with Crippen molar-refractivity contribution in [3.8, 4) is 0 Å². The predicted octanol–water partition coefficient (Wildman–Crippen LogP) is 4.66. The molecular weight excluding hydrogens is 388 g/mol. The Labute approximate surface area is 148 Å². The number of hydrogen-bond acceptors (Lipinski definition) is 3. The second kappa shape index (κ2) is 7.10.